The molecule has 2 atom stereocenters. The van der Waals surface area contributed by atoms with Crippen LogP contribution in [0, 0.1) is 11.3 Å². The van der Waals surface area contributed by atoms with E-state index in [-0.39, 0.29) is 29.3 Å². The number of fused-ring (bicyclic) bond motifs is 3. The molecule has 0 radical (unpaired) electrons. The van der Waals surface area contributed by atoms with Crippen molar-refractivity contribution in [1.29, 1.82) is 0 Å². The molecule has 1 aromatic rings. The second kappa shape index (κ2) is 7.48. The summed E-state index contributed by atoms with van der Waals surface area (Å²) in [6.07, 6.45) is 2.63. The second-order valence-corrected chi connectivity index (χ2v) is 8.41. The number of carbonyl (C=O) groups excluding carboxylic acids is 1. The van der Waals surface area contributed by atoms with Gasteiger partial charge in [0.05, 0.1) is 37.9 Å². The third-order valence-electron chi connectivity index (χ3n) is 7.13. The Kier molecular flexibility index (Phi) is 5.33. The van der Waals surface area contributed by atoms with Crippen LogP contribution in [0.15, 0.2) is 18.2 Å². The van der Waals surface area contributed by atoms with E-state index in [2.05, 4.69) is 22.3 Å². The first-order chi connectivity index (χ1) is 13.2. The Bertz CT molecular complexity index is 738. The first-order valence-corrected chi connectivity index (χ1v) is 10.1. The van der Waals surface area contributed by atoms with Gasteiger partial charge in [-0.1, -0.05) is 6.07 Å². The maximum Gasteiger partial charge on any atom is 0.232 e. The van der Waals surface area contributed by atoms with Gasteiger partial charge in [-0.25, -0.2) is 0 Å². The molecular formula is C21H29ClN2O4. The Morgan fingerprint density at radius 2 is 2.14 bits per heavy atom. The number of likely N-dealkylation sites (tertiary alicyclic amines) is 1. The van der Waals surface area contributed by atoms with Crippen molar-refractivity contribution in [3.63, 3.8) is 0 Å². The predicted molar refractivity (Wildman–Crippen MR) is 107 cm³/mol. The number of nitrogens with zero attached hydrogens (tertiary/aromatic N) is 1. The number of amides is 1. The number of nitrogens with one attached hydrogen (secondary N) is 1. The molecule has 4 aliphatic rings. The van der Waals surface area contributed by atoms with E-state index >= 15 is 0 Å². The van der Waals surface area contributed by atoms with Crippen LogP contribution in [0.4, 0.5) is 0 Å². The summed E-state index contributed by atoms with van der Waals surface area (Å²) in [5.41, 5.74) is 2.00. The van der Waals surface area contributed by atoms with Crippen molar-refractivity contribution in [2.45, 2.75) is 24.9 Å². The van der Waals surface area contributed by atoms with E-state index in [9.17, 15) is 4.79 Å². The molecule has 4 aliphatic heterocycles. The zero-order valence-corrected chi connectivity index (χ0v) is 17.2. The van der Waals surface area contributed by atoms with Crippen LogP contribution < -0.4 is 10.1 Å². The molecule has 1 aromatic carbocycles. The second-order valence-electron chi connectivity index (χ2n) is 8.41. The van der Waals surface area contributed by atoms with Gasteiger partial charge in [-0.05, 0) is 42.5 Å². The summed E-state index contributed by atoms with van der Waals surface area (Å²) in [4.78, 5) is 15.4. The zero-order valence-electron chi connectivity index (χ0n) is 16.4. The Balaban J connectivity index is 0.00000192. The van der Waals surface area contributed by atoms with Gasteiger partial charge in [-0.3, -0.25) is 4.79 Å². The quantitative estimate of drug-likeness (QED) is 0.807. The number of hydrogen-bond donors (Lipinski definition) is 1. The van der Waals surface area contributed by atoms with Gasteiger partial charge in [0.2, 0.25) is 5.91 Å². The van der Waals surface area contributed by atoms with E-state index in [1.807, 2.05) is 6.07 Å². The molecular weight excluding hydrogens is 380 g/mol. The highest BCUT2D eigenvalue weighted by Crippen LogP contribution is 2.45. The topological polar surface area (TPSA) is 60.0 Å². The van der Waals surface area contributed by atoms with Gasteiger partial charge >= 0.3 is 0 Å². The fourth-order valence-electron chi connectivity index (χ4n) is 5.47. The highest BCUT2D eigenvalue weighted by Gasteiger charge is 2.55. The number of methoxy groups -OCH3 is 1. The Morgan fingerprint density at radius 3 is 2.93 bits per heavy atom. The molecule has 5 rings (SSSR count). The first-order valence-electron chi connectivity index (χ1n) is 10.1. The van der Waals surface area contributed by atoms with Crippen LogP contribution in [-0.4, -0.2) is 63.9 Å². The van der Waals surface area contributed by atoms with Crippen LogP contribution in [-0.2, 0) is 26.3 Å². The molecule has 0 aliphatic carbocycles. The van der Waals surface area contributed by atoms with Crippen LogP contribution in [0.3, 0.4) is 0 Å². The summed E-state index contributed by atoms with van der Waals surface area (Å²) in [5, 5.41) is 3.40. The smallest absolute Gasteiger partial charge is 0.232 e. The molecule has 0 unspecified atom stereocenters. The number of carbonyl (C=O) groups is 1. The predicted octanol–water partition coefficient (Wildman–Crippen LogP) is 1.74. The van der Waals surface area contributed by atoms with E-state index in [4.69, 9.17) is 14.2 Å². The average Bonchev–Trinajstić information content (AvgIpc) is 3.29. The van der Waals surface area contributed by atoms with Gasteiger partial charge in [0.25, 0.3) is 0 Å². The fourth-order valence-corrected chi connectivity index (χ4v) is 5.47. The SMILES string of the molecule is COc1ccc2c(c1)CCOC21CCN(C(=O)[C@]23CNC[C@H]2COC3)CC1.Cl. The lowest BCUT2D eigenvalue weighted by Gasteiger charge is -2.46. The molecule has 7 heteroatoms. The minimum atomic E-state index is -0.344. The first kappa shape index (κ1) is 20.0. The van der Waals surface area contributed by atoms with E-state index in [1.165, 1.54) is 11.1 Å². The van der Waals surface area contributed by atoms with Gasteiger partial charge in [0.15, 0.2) is 0 Å². The lowest BCUT2D eigenvalue weighted by Crippen LogP contribution is -2.54. The summed E-state index contributed by atoms with van der Waals surface area (Å²) < 4.78 is 17.4. The number of hydrogen-bond acceptors (Lipinski definition) is 5. The standard InChI is InChI=1S/C21H28N2O4.ClH/c1-25-17-2-3-18-15(10-17)4-9-27-21(18)5-7-23(8-6-21)19(24)20-13-22-11-16(20)12-26-14-20;/h2-3,10,16,22H,4-9,11-14H2,1H3;1H/t16-,20-;/m0./s1. The molecule has 154 valence electrons. The normalized spacial score (nSPS) is 30.5. The van der Waals surface area contributed by atoms with Gasteiger partial charge < -0.3 is 24.4 Å². The van der Waals surface area contributed by atoms with Crippen molar-refractivity contribution < 1.29 is 19.0 Å². The van der Waals surface area contributed by atoms with E-state index in [0.29, 0.717) is 19.1 Å². The summed E-state index contributed by atoms with van der Waals surface area (Å²) in [6, 6.07) is 6.32. The highest BCUT2D eigenvalue weighted by atomic mass is 35.5. The fraction of sp³-hybridized carbons (Fsp3) is 0.667. The maximum absolute atomic E-state index is 13.4. The molecule has 0 aromatic heterocycles. The number of piperidine rings is 1. The average molecular weight is 409 g/mol. The van der Waals surface area contributed by atoms with Gasteiger partial charge in [-0.2, -0.15) is 0 Å². The molecule has 4 heterocycles. The number of rotatable bonds is 2. The van der Waals surface area contributed by atoms with Crippen molar-refractivity contribution in [3.8, 4) is 5.75 Å². The lowest BCUT2D eigenvalue weighted by atomic mass is 9.76. The molecule has 3 fully saturated rings. The van der Waals surface area contributed by atoms with Gasteiger partial charge in [0, 0.05) is 32.1 Å². The van der Waals surface area contributed by atoms with Crippen LogP contribution in [0.5, 0.6) is 5.75 Å². The van der Waals surface area contributed by atoms with Crippen molar-refractivity contribution in [2.24, 2.45) is 11.3 Å². The summed E-state index contributed by atoms with van der Waals surface area (Å²) in [6.45, 7) is 5.13. The van der Waals surface area contributed by atoms with Crippen molar-refractivity contribution >= 4 is 18.3 Å². The molecule has 28 heavy (non-hydrogen) atoms. The third kappa shape index (κ3) is 2.93. The molecule has 3 saturated heterocycles. The summed E-state index contributed by atoms with van der Waals surface area (Å²) in [5.74, 6) is 1.49. The largest absolute Gasteiger partial charge is 0.497 e. The van der Waals surface area contributed by atoms with E-state index in [0.717, 1.165) is 57.8 Å². The summed E-state index contributed by atoms with van der Waals surface area (Å²) in [7, 11) is 1.71. The Labute approximate surface area is 172 Å². The van der Waals surface area contributed by atoms with E-state index in [1.54, 1.807) is 7.11 Å². The highest BCUT2D eigenvalue weighted by molar-refractivity contribution is 5.85. The van der Waals surface area contributed by atoms with Crippen molar-refractivity contribution in [2.75, 3.05) is 53.1 Å². The van der Waals surface area contributed by atoms with Crippen LogP contribution in [0.25, 0.3) is 0 Å². The number of benzene rings is 1. The monoisotopic (exact) mass is 408 g/mol. The molecule has 6 nitrogen and oxygen atoms in total. The third-order valence-corrected chi connectivity index (χ3v) is 7.13. The van der Waals surface area contributed by atoms with Gasteiger partial charge in [-0.15, -0.1) is 12.4 Å². The van der Waals surface area contributed by atoms with E-state index < -0.39 is 0 Å². The zero-order chi connectivity index (χ0) is 18.5. The summed E-state index contributed by atoms with van der Waals surface area (Å²) >= 11 is 0. The maximum atomic E-state index is 13.4. The number of halogens is 1. The minimum Gasteiger partial charge on any atom is -0.497 e. The Morgan fingerprint density at radius 1 is 1.32 bits per heavy atom. The van der Waals surface area contributed by atoms with Crippen LogP contribution in [0.2, 0.25) is 0 Å². The molecule has 1 amide bonds. The molecule has 1 N–H and O–H groups in total. The Hall–Kier alpha value is -1.34. The minimum absolute atomic E-state index is 0. The van der Waals surface area contributed by atoms with Crippen LogP contribution in [0.1, 0.15) is 24.0 Å². The molecule has 0 bridgehead atoms. The van der Waals surface area contributed by atoms with Crippen molar-refractivity contribution in [1.82, 2.24) is 10.2 Å². The molecule has 1 spiro atoms. The number of ether oxygens (including phenoxy) is 3. The molecule has 0 saturated carbocycles. The van der Waals surface area contributed by atoms with Crippen LogP contribution >= 0.6 is 12.4 Å². The lowest BCUT2D eigenvalue weighted by molar-refractivity contribution is -0.151. The van der Waals surface area contributed by atoms with Crippen molar-refractivity contribution in [3.05, 3.63) is 29.3 Å². The van der Waals surface area contributed by atoms with Gasteiger partial charge in [0.1, 0.15) is 5.75 Å².